The van der Waals surface area contributed by atoms with Gasteiger partial charge in [-0.1, -0.05) is 42.3 Å². The lowest BCUT2D eigenvalue weighted by Crippen LogP contribution is -2.61. The number of hydrogen-bond donors (Lipinski definition) is 0. The van der Waals surface area contributed by atoms with Crippen molar-refractivity contribution in [3.8, 4) is 0 Å². The van der Waals surface area contributed by atoms with Crippen LogP contribution in [0.15, 0.2) is 11.8 Å². The normalized spacial score (nSPS) is 28.1. The molecule has 1 heterocycles. The number of hydrogen-bond acceptors (Lipinski definition) is 1. The van der Waals surface area contributed by atoms with Crippen LogP contribution in [-0.2, 0) is 0 Å². The molecule has 1 aliphatic rings. The zero-order chi connectivity index (χ0) is 18.4. The molecule has 2 atom stereocenters. The molecule has 0 bridgehead atoms. The molecule has 2 unspecified atom stereocenters. The van der Waals surface area contributed by atoms with Crippen molar-refractivity contribution in [2.75, 3.05) is 0 Å². The quantitative estimate of drug-likeness (QED) is 0.220. The summed E-state index contributed by atoms with van der Waals surface area (Å²) in [6.45, 7) is 2.53. The molecule has 1 aliphatic heterocycles. The fourth-order valence-electron chi connectivity index (χ4n) is 2.26. The highest BCUT2D eigenvalue weighted by molar-refractivity contribution is 9.10. The molecular weight excluding hydrogens is 425 g/mol. The molecule has 0 fully saturated rings. The van der Waals surface area contributed by atoms with Gasteiger partial charge in [0.15, 0.2) is 6.17 Å². The Bertz CT molecular complexity index is 463. The van der Waals surface area contributed by atoms with Crippen LogP contribution >= 0.6 is 27.7 Å². The van der Waals surface area contributed by atoms with Crippen molar-refractivity contribution in [3.05, 3.63) is 17.9 Å². The minimum absolute atomic E-state index is 0.166. The van der Waals surface area contributed by atoms with Crippen LogP contribution < -0.4 is 0 Å². The average Bonchev–Trinajstić information content (AvgIpc) is 2.38. The standard InChI is InChI=1S/C12H12BrClF8N/c1-3-4-9(13)8(15)6(2)5-7(23(9)14)10(16,11(17,18)19)12(20,21)22/h5-6H,3-4H2,1-2H3. The number of alkyl halides is 8. The highest BCUT2D eigenvalue weighted by atomic mass is 79.9. The van der Waals surface area contributed by atoms with Gasteiger partial charge in [-0.2, -0.15) is 26.3 Å². The largest absolute Gasteiger partial charge is 0.437 e. The van der Waals surface area contributed by atoms with E-state index in [0.717, 1.165) is 6.92 Å². The van der Waals surface area contributed by atoms with E-state index >= 15 is 0 Å². The van der Waals surface area contributed by atoms with Gasteiger partial charge >= 0.3 is 18.0 Å². The van der Waals surface area contributed by atoms with Crippen molar-refractivity contribution in [2.45, 2.75) is 49.2 Å². The van der Waals surface area contributed by atoms with Crippen LogP contribution in [0.2, 0.25) is 0 Å². The van der Waals surface area contributed by atoms with Gasteiger partial charge in [0.1, 0.15) is 4.45 Å². The minimum atomic E-state index is -6.32. The Kier molecular flexibility index (Phi) is 5.64. The van der Waals surface area contributed by atoms with Gasteiger partial charge in [-0.25, -0.2) is 8.78 Å². The lowest BCUT2D eigenvalue weighted by atomic mass is 9.86. The highest BCUT2D eigenvalue weighted by Crippen LogP contribution is 2.58. The predicted molar refractivity (Wildman–Crippen MR) is 71.8 cm³/mol. The molecule has 0 aliphatic carbocycles. The molecule has 1 nitrogen and oxygen atoms in total. The molecule has 135 valence electrons. The molecule has 23 heavy (non-hydrogen) atoms. The van der Waals surface area contributed by atoms with E-state index in [9.17, 15) is 35.1 Å². The monoisotopic (exact) mass is 436 g/mol. The van der Waals surface area contributed by atoms with E-state index in [1.165, 1.54) is 6.92 Å². The van der Waals surface area contributed by atoms with E-state index in [4.69, 9.17) is 11.8 Å². The Morgan fingerprint density at radius 3 is 1.96 bits per heavy atom. The number of allylic oxidation sites excluding steroid dienone is 2. The van der Waals surface area contributed by atoms with Crippen LogP contribution in [0.4, 0.5) is 35.1 Å². The van der Waals surface area contributed by atoms with Gasteiger partial charge in [-0.15, -0.1) is 0 Å². The topological polar surface area (TPSA) is 3.24 Å². The third-order valence-corrected chi connectivity index (χ3v) is 5.22. The van der Waals surface area contributed by atoms with Gasteiger partial charge in [0.25, 0.3) is 0 Å². The average molecular weight is 438 g/mol. The van der Waals surface area contributed by atoms with Gasteiger partial charge < -0.3 is 0 Å². The summed E-state index contributed by atoms with van der Waals surface area (Å²) in [7, 11) is 0. The number of nitrogens with zero attached hydrogens (tertiary/aromatic N) is 1. The maximum atomic E-state index is 14.2. The lowest BCUT2D eigenvalue weighted by Gasteiger charge is -2.47. The second-order valence-corrected chi connectivity index (χ2v) is 6.78. The Morgan fingerprint density at radius 1 is 1.17 bits per heavy atom. The van der Waals surface area contributed by atoms with Crippen molar-refractivity contribution in [2.24, 2.45) is 5.92 Å². The van der Waals surface area contributed by atoms with E-state index in [0.29, 0.717) is 0 Å². The van der Waals surface area contributed by atoms with Gasteiger partial charge in [0, 0.05) is 17.7 Å². The van der Waals surface area contributed by atoms with Gasteiger partial charge in [0.05, 0.1) is 5.70 Å². The molecule has 0 aromatic carbocycles. The van der Waals surface area contributed by atoms with Crippen LogP contribution in [0, 0.1) is 12.1 Å². The Hall–Kier alpha value is -0.250. The first-order valence-electron chi connectivity index (χ1n) is 6.37. The third-order valence-electron chi connectivity index (χ3n) is 3.41. The summed E-state index contributed by atoms with van der Waals surface area (Å²) in [5, 5.41) is 0. The van der Waals surface area contributed by atoms with Crippen LogP contribution in [0.1, 0.15) is 26.7 Å². The molecule has 0 amide bonds. The smallest absolute Gasteiger partial charge is 0.266 e. The zero-order valence-corrected chi connectivity index (χ0v) is 14.1. The van der Waals surface area contributed by atoms with E-state index in [2.05, 4.69) is 15.9 Å². The Labute approximate surface area is 140 Å². The van der Waals surface area contributed by atoms with Crippen molar-refractivity contribution in [1.29, 1.82) is 0 Å². The van der Waals surface area contributed by atoms with Gasteiger partial charge in [0.2, 0.25) is 0 Å². The van der Waals surface area contributed by atoms with Crippen LogP contribution in [0.3, 0.4) is 0 Å². The first kappa shape index (κ1) is 20.8. The second-order valence-electron chi connectivity index (χ2n) is 5.13. The summed E-state index contributed by atoms with van der Waals surface area (Å²) in [6.07, 6.45) is -13.6. The molecule has 1 rings (SSSR count). The number of rotatable bonds is 3. The molecule has 0 aromatic rings. The molecule has 0 aromatic heterocycles. The number of halogens is 10. The molecular formula is C12H12BrClF8N. The van der Waals surface area contributed by atoms with Gasteiger partial charge in [-0.3, -0.25) is 4.42 Å². The van der Waals surface area contributed by atoms with Crippen molar-refractivity contribution in [1.82, 2.24) is 4.42 Å². The molecule has 0 N–H and O–H groups in total. The predicted octanol–water partition coefficient (Wildman–Crippen LogP) is 6.20. The summed E-state index contributed by atoms with van der Waals surface area (Å²) in [5.74, 6) is -1.49. The first-order chi connectivity index (χ1) is 10.1. The Morgan fingerprint density at radius 2 is 1.61 bits per heavy atom. The van der Waals surface area contributed by atoms with E-state index in [1.54, 1.807) is 0 Å². The molecule has 1 radical (unpaired) electrons. The summed E-state index contributed by atoms with van der Waals surface area (Å²) >= 11 is 8.28. The summed E-state index contributed by atoms with van der Waals surface area (Å²) in [6, 6.07) is 0. The molecule has 0 saturated heterocycles. The first-order valence-corrected chi connectivity index (χ1v) is 7.50. The molecule has 0 saturated carbocycles. The molecule has 0 spiro atoms. The fourth-order valence-corrected chi connectivity index (χ4v) is 3.55. The minimum Gasteiger partial charge on any atom is -0.266 e. The SMILES string of the molecule is CCCC1(Br)[C](F)C(C)C=C(C(F)(C(F)(F)F)C(F)(F)F)N1Cl. The van der Waals surface area contributed by atoms with Crippen LogP contribution in [0.25, 0.3) is 0 Å². The fraction of sp³-hybridized carbons (Fsp3) is 0.750. The molecule has 11 heteroatoms. The summed E-state index contributed by atoms with van der Waals surface area (Å²) in [5.41, 5.74) is -7.62. The van der Waals surface area contributed by atoms with Crippen molar-refractivity contribution >= 4 is 27.7 Å². The zero-order valence-electron chi connectivity index (χ0n) is 11.8. The van der Waals surface area contributed by atoms with Crippen LogP contribution in [0.5, 0.6) is 0 Å². The van der Waals surface area contributed by atoms with Gasteiger partial charge in [-0.05, 0) is 6.42 Å². The van der Waals surface area contributed by atoms with E-state index < -0.39 is 40.3 Å². The Balaban J connectivity index is 3.58. The van der Waals surface area contributed by atoms with E-state index in [1.807, 2.05) is 0 Å². The summed E-state index contributed by atoms with van der Waals surface area (Å²) in [4.78, 5) is 0. The highest BCUT2D eigenvalue weighted by Gasteiger charge is 2.77. The third kappa shape index (κ3) is 3.17. The summed E-state index contributed by atoms with van der Waals surface area (Å²) < 4.78 is 103. The van der Waals surface area contributed by atoms with Crippen molar-refractivity contribution < 1.29 is 35.1 Å². The maximum absolute atomic E-state index is 14.2. The lowest BCUT2D eigenvalue weighted by molar-refractivity contribution is -0.330. The maximum Gasteiger partial charge on any atom is 0.437 e. The van der Waals surface area contributed by atoms with Crippen molar-refractivity contribution in [3.63, 3.8) is 0 Å². The second kappa shape index (κ2) is 6.24. The van der Waals surface area contributed by atoms with E-state index in [-0.39, 0.29) is 23.3 Å². The van der Waals surface area contributed by atoms with Crippen LogP contribution in [-0.4, -0.2) is 26.9 Å².